The molecule has 120 valence electrons. The van der Waals surface area contributed by atoms with Gasteiger partial charge in [0.25, 0.3) is 0 Å². The van der Waals surface area contributed by atoms with Gasteiger partial charge in [0.15, 0.2) is 0 Å². The van der Waals surface area contributed by atoms with Crippen LogP contribution in [0.4, 0.5) is 0 Å². The molecule has 0 radical (unpaired) electrons. The van der Waals surface area contributed by atoms with Crippen molar-refractivity contribution in [1.82, 2.24) is 9.80 Å². The first-order valence-corrected chi connectivity index (χ1v) is 8.86. The van der Waals surface area contributed by atoms with Crippen LogP contribution in [0.15, 0.2) is 65.6 Å². The molecule has 3 rings (SSSR count). The molecule has 0 N–H and O–H groups in total. The quantitative estimate of drug-likeness (QED) is 0.806. The Labute approximate surface area is 142 Å². The van der Waals surface area contributed by atoms with Gasteiger partial charge in [0, 0.05) is 31.1 Å². The summed E-state index contributed by atoms with van der Waals surface area (Å²) in [5, 5.41) is -0.179. The zero-order valence-electron chi connectivity index (χ0n) is 13.4. The van der Waals surface area contributed by atoms with Crippen LogP contribution in [-0.4, -0.2) is 48.9 Å². The van der Waals surface area contributed by atoms with E-state index in [1.165, 1.54) is 0 Å². The Bertz CT molecular complexity index is 624. The normalized spacial score (nSPS) is 17.0. The lowest BCUT2D eigenvalue weighted by atomic mass is 10.1. The molecule has 23 heavy (non-hydrogen) atoms. The fraction of sp³-hybridized carbons (Fsp3) is 0.316. The van der Waals surface area contributed by atoms with Gasteiger partial charge in [-0.2, -0.15) is 0 Å². The average molecular weight is 326 g/mol. The van der Waals surface area contributed by atoms with Crippen LogP contribution >= 0.6 is 11.8 Å². The smallest absolute Gasteiger partial charge is 0.240 e. The van der Waals surface area contributed by atoms with E-state index in [0.29, 0.717) is 0 Å². The second-order valence-corrected chi connectivity index (χ2v) is 7.03. The van der Waals surface area contributed by atoms with Crippen LogP contribution in [0.2, 0.25) is 0 Å². The molecular formula is C19H22N2OS. The maximum atomic E-state index is 13.1. The van der Waals surface area contributed by atoms with Crippen LogP contribution in [0.5, 0.6) is 0 Å². The van der Waals surface area contributed by atoms with Crippen molar-refractivity contribution in [3.63, 3.8) is 0 Å². The van der Waals surface area contributed by atoms with E-state index in [-0.39, 0.29) is 11.2 Å². The van der Waals surface area contributed by atoms with Crippen LogP contribution in [0.3, 0.4) is 0 Å². The second kappa shape index (κ2) is 7.66. The summed E-state index contributed by atoms with van der Waals surface area (Å²) in [5.74, 6) is 0.221. The first-order valence-electron chi connectivity index (χ1n) is 7.98. The van der Waals surface area contributed by atoms with Crippen LogP contribution in [0.1, 0.15) is 10.8 Å². The molecule has 0 saturated carbocycles. The number of piperazine rings is 1. The summed E-state index contributed by atoms with van der Waals surface area (Å²) >= 11 is 1.64. The van der Waals surface area contributed by atoms with Gasteiger partial charge in [0.1, 0.15) is 5.25 Å². The number of thioether (sulfide) groups is 1. The van der Waals surface area contributed by atoms with Crippen LogP contribution in [0.25, 0.3) is 0 Å². The van der Waals surface area contributed by atoms with Gasteiger partial charge in [-0.25, -0.2) is 0 Å². The number of carbonyl (C=O) groups excluding carboxylic acids is 1. The molecule has 0 aromatic heterocycles. The molecule has 2 aromatic carbocycles. The molecule has 3 nitrogen and oxygen atoms in total. The average Bonchev–Trinajstić information content (AvgIpc) is 2.61. The molecule has 2 aromatic rings. The predicted molar refractivity (Wildman–Crippen MR) is 95.6 cm³/mol. The number of carbonyl (C=O) groups is 1. The molecule has 1 aliphatic rings. The Hall–Kier alpha value is -1.78. The summed E-state index contributed by atoms with van der Waals surface area (Å²) < 4.78 is 0. The molecule has 0 aliphatic carbocycles. The highest BCUT2D eigenvalue weighted by molar-refractivity contribution is 8.00. The van der Waals surface area contributed by atoms with Gasteiger partial charge in [0.2, 0.25) is 5.91 Å². The van der Waals surface area contributed by atoms with E-state index in [0.717, 1.165) is 36.6 Å². The zero-order valence-corrected chi connectivity index (χ0v) is 14.2. The van der Waals surface area contributed by atoms with Gasteiger partial charge >= 0.3 is 0 Å². The van der Waals surface area contributed by atoms with Gasteiger partial charge in [-0.3, -0.25) is 4.79 Å². The first kappa shape index (κ1) is 16.1. The molecule has 1 unspecified atom stereocenters. The third-order valence-corrected chi connectivity index (χ3v) is 5.39. The minimum absolute atomic E-state index is 0.179. The molecule has 1 aliphatic heterocycles. The fourth-order valence-electron chi connectivity index (χ4n) is 2.72. The first-order chi connectivity index (χ1) is 11.2. The molecule has 1 amide bonds. The molecule has 0 bridgehead atoms. The SMILES string of the molecule is CN1CCN(C(=O)C(Sc2ccccc2)c2ccccc2)CC1. The molecule has 1 saturated heterocycles. The van der Waals surface area contributed by atoms with Gasteiger partial charge in [-0.1, -0.05) is 48.5 Å². The minimum Gasteiger partial charge on any atom is -0.339 e. The Morgan fingerprint density at radius 3 is 2.09 bits per heavy atom. The van der Waals surface area contributed by atoms with Crippen molar-refractivity contribution in [2.45, 2.75) is 10.1 Å². The maximum Gasteiger partial charge on any atom is 0.240 e. The topological polar surface area (TPSA) is 23.6 Å². The van der Waals surface area contributed by atoms with Crippen molar-refractivity contribution in [1.29, 1.82) is 0 Å². The molecule has 1 atom stereocenters. The summed E-state index contributed by atoms with van der Waals surface area (Å²) in [7, 11) is 2.11. The van der Waals surface area contributed by atoms with Crippen LogP contribution in [0, 0.1) is 0 Å². The minimum atomic E-state index is -0.179. The van der Waals surface area contributed by atoms with E-state index in [1.807, 2.05) is 41.3 Å². The van der Waals surface area contributed by atoms with E-state index in [1.54, 1.807) is 11.8 Å². The number of hydrogen-bond donors (Lipinski definition) is 0. The Morgan fingerprint density at radius 2 is 1.48 bits per heavy atom. The number of nitrogens with zero attached hydrogens (tertiary/aromatic N) is 2. The molecule has 1 fully saturated rings. The number of benzene rings is 2. The second-order valence-electron chi connectivity index (χ2n) is 5.85. The summed E-state index contributed by atoms with van der Waals surface area (Å²) in [6.07, 6.45) is 0. The number of likely N-dealkylation sites (N-methyl/N-ethyl adjacent to an activating group) is 1. The van der Waals surface area contributed by atoms with E-state index >= 15 is 0 Å². The molecule has 4 heteroatoms. The molecule has 0 spiro atoms. The third-order valence-electron chi connectivity index (χ3n) is 4.14. The van der Waals surface area contributed by atoms with Crippen molar-refractivity contribution < 1.29 is 4.79 Å². The predicted octanol–water partition coefficient (Wildman–Crippen LogP) is 3.29. The van der Waals surface area contributed by atoms with Crippen molar-refractivity contribution in [2.24, 2.45) is 0 Å². The highest BCUT2D eigenvalue weighted by atomic mass is 32.2. The van der Waals surface area contributed by atoms with E-state index in [2.05, 4.69) is 36.2 Å². The fourth-order valence-corrected chi connectivity index (χ4v) is 3.85. The number of hydrogen-bond acceptors (Lipinski definition) is 3. The van der Waals surface area contributed by atoms with Gasteiger partial charge in [-0.05, 0) is 24.7 Å². The standard InChI is InChI=1S/C19H22N2OS/c1-20-12-14-21(15-13-20)19(22)18(16-8-4-2-5-9-16)23-17-10-6-3-7-11-17/h2-11,18H,12-15H2,1H3. The third kappa shape index (κ3) is 4.15. The Kier molecular flexibility index (Phi) is 5.36. The van der Waals surface area contributed by atoms with Crippen molar-refractivity contribution in [3.8, 4) is 0 Å². The van der Waals surface area contributed by atoms with Crippen molar-refractivity contribution >= 4 is 17.7 Å². The van der Waals surface area contributed by atoms with E-state index < -0.39 is 0 Å². The summed E-state index contributed by atoms with van der Waals surface area (Å²) in [6.45, 7) is 3.52. The summed E-state index contributed by atoms with van der Waals surface area (Å²) in [6, 6.07) is 20.3. The van der Waals surface area contributed by atoms with Gasteiger partial charge < -0.3 is 9.80 Å². The van der Waals surface area contributed by atoms with Crippen LogP contribution < -0.4 is 0 Å². The Morgan fingerprint density at radius 1 is 0.913 bits per heavy atom. The lowest BCUT2D eigenvalue weighted by Crippen LogP contribution is -2.48. The van der Waals surface area contributed by atoms with Gasteiger partial charge in [-0.15, -0.1) is 11.8 Å². The van der Waals surface area contributed by atoms with Crippen molar-refractivity contribution in [3.05, 3.63) is 66.2 Å². The summed E-state index contributed by atoms with van der Waals surface area (Å²) in [4.78, 5) is 18.5. The zero-order chi connectivity index (χ0) is 16.1. The van der Waals surface area contributed by atoms with Crippen LogP contribution in [-0.2, 0) is 4.79 Å². The highest BCUT2D eigenvalue weighted by Gasteiger charge is 2.28. The van der Waals surface area contributed by atoms with Gasteiger partial charge in [0.05, 0.1) is 0 Å². The number of amides is 1. The summed E-state index contributed by atoms with van der Waals surface area (Å²) in [5.41, 5.74) is 1.07. The molecular weight excluding hydrogens is 304 g/mol. The lowest BCUT2D eigenvalue weighted by molar-refractivity contribution is -0.132. The van der Waals surface area contributed by atoms with E-state index in [9.17, 15) is 4.79 Å². The van der Waals surface area contributed by atoms with Crippen molar-refractivity contribution in [2.75, 3.05) is 33.2 Å². The maximum absolute atomic E-state index is 13.1. The number of rotatable bonds is 4. The van der Waals surface area contributed by atoms with E-state index in [4.69, 9.17) is 0 Å². The highest BCUT2D eigenvalue weighted by Crippen LogP contribution is 2.36. The lowest BCUT2D eigenvalue weighted by Gasteiger charge is -2.34. The largest absolute Gasteiger partial charge is 0.339 e. The molecule has 1 heterocycles. The Balaban J connectivity index is 1.81. The monoisotopic (exact) mass is 326 g/mol.